The van der Waals surface area contributed by atoms with Crippen molar-refractivity contribution in [3.8, 4) is 0 Å². The molecule has 108 valence electrons. The normalized spacial score (nSPS) is 18.2. The fraction of sp³-hybridized carbons (Fsp3) is 0.278. The van der Waals surface area contributed by atoms with Crippen LogP contribution in [0.25, 0.3) is 0 Å². The number of rotatable bonds is 4. The summed E-state index contributed by atoms with van der Waals surface area (Å²) in [4.78, 5) is 11.5. The monoisotopic (exact) mass is 281 g/mol. The number of aliphatic carboxylic acids is 1. The molecule has 2 aromatic rings. The number of carboxylic acid groups (broad SMARTS) is 1. The third kappa shape index (κ3) is 2.45. The summed E-state index contributed by atoms with van der Waals surface area (Å²) >= 11 is 0. The fourth-order valence-corrected chi connectivity index (χ4v) is 3.19. The molecule has 2 atom stereocenters. The molecule has 0 fully saturated rings. The standard InChI is InChI=1S/C18H19NO2/c1-2-13(18(20)21)15-9-5-6-10-16(15)17-14-8-4-3-7-12(14)11-19-17/h3-10,13,17,19H,2,11H2,1H3,(H,20,21). The molecule has 3 rings (SSSR count). The maximum absolute atomic E-state index is 11.5. The molecule has 1 aliphatic rings. The number of benzene rings is 2. The van der Waals surface area contributed by atoms with Crippen LogP contribution in [0.15, 0.2) is 48.5 Å². The highest BCUT2D eigenvalue weighted by molar-refractivity contribution is 5.76. The zero-order valence-corrected chi connectivity index (χ0v) is 12.0. The first-order chi connectivity index (χ1) is 10.2. The highest BCUT2D eigenvalue weighted by Gasteiger charge is 2.28. The summed E-state index contributed by atoms with van der Waals surface area (Å²) in [5.74, 6) is -1.20. The quantitative estimate of drug-likeness (QED) is 0.902. The molecule has 1 aliphatic heterocycles. The Morgan fingerprint density at radius 3 is 2.57 bits per heavy atom. The minimum absolute atomic E-state index is 0.0887. The Labute approximate surface area is 124 Å². The zero-order valence-electron chi connectivity index (χ0n) is 12.0. The summed E-state index contributed by atoms with van der Waals surface area (Å²) in [6.07, 6.45) is 0.598. The van der Waals surface area contributed by atoms with E-state index in [1.807, 2.05) is 43.3 Å². The third-order valence-electron chi connectivity index (χ3n) is 4.25. The van der Waals surface area contributed by atoms with Crippen LogP contribution in [-0.4, -0.2) is 11.1 Å². The molecular formula is C18H19NO2. The summed E-state index contributed by atoms with van der Waals surface area (Å²) in [6.45, 7) is 2.75. The smallest absolute Gasteiger partial charge is 0.310 e. The molecule has 2 N–H and O–H groups in total. The summed E-state index contributed by atoms with van der Waals surface area (Å²) in [7, 11) is 0. The third-order valence-corrected chi connectivity index (χ3v) is 4.25. The molecule has 0 saturated carbocycles. The van der Waals surface area contributed by atoms with Gasteiger partial charge in [-0.25, -0.2) is 0 Å². The molecule has 0 saturated heterocycles. The van der Waals surface area contributed by atoms with Crippen molar-refractivity contribution in [2.75, 3.05) is 0 Å². The van der Waals surface area contributed by atoms with Crippen LogP contribution in [0.1, 0.15) is 47.6 Å². The van der Waals surface area contributed by atoms with Crippen LogP contribution in [0.5, 0.6) is 0 Å². The van der Waals surface area contributed by atoms with E-state index in [0.29, 0.717) is 6.42 Å². The molecule has 0 bridgehead atoms. The van der Waals surface area contributed by atoms with Crippen LogP contribution in [0, 0.1) is 0 Å². The minimum atomic E-state index is -0.753. The van der Waals surface area contributed by atoms with Gasteiger partial charge >= 0.3 is 5.97 Å². The molecule has 0 amide bonds. The highest BCUT2D eigenvalue weighted by Crippen LogP contribution is 2.35. The van der Waals surface area contributed by atoms with Gasteiger partial charge in [-0.15, -0.1) is 0 Å². The maximum Gasteiger partial charge on any atom is 0.310 e. The lowest BCUT2D eigenvalue weighted by Crippen LogP contribution is -2.19. The Bertz CT molecular complexity index is 666. The average molecular weight is 281 g/mol. The van der Waals surface area contributed by atoms with Gasteiger partial charge in [-0.3, -0.25) is 4.79 Å². The molecule has 0 aliphatic carbocycles. The van der Waals surface area contributed by atoms with Gasteiger partial charge in [-0.05, 0) is 28.7 Å². The van der Waals surface area contributed by atoms with Crippen molar-refractivity contribution in [1.29, 1.82) is 0 Å². The van der Waals surface area contributed by atoms with Gasteiger partial charge in [0.2, 0.25) is 0 Å². The van der Waals surface area contributed by atoms with E-state index in [4.69, 9.17) is 0 Å². The number of carbonyl (C=O) groups is 1. The van der Waals surface area contributed by atoms with Crippen molar-refractivity contribution < 1.29 is 9.90 Å². The van der Waals surface area contributed by atoms with Gasteiger partial charge in [0.25, 0.3) is 0 Å². The first-order valence-electron chi connectivity index (χ1n) is 7.35. The van der Waals surface area contributed by atoms with Crippen LogP contribution in [0.3, 0.4) is 0 Å². The molecule has 1 heterocycles. The van der Waals surface area contributed by atoms with E-state index in [1.165, 1.54) is 11.1 Å². The Kier molecular flexibility index (Phi) is 3.76. The second-order valence-corrected chi connectivity index (χ2v) is 5.44. The van der Waals surface area contributed by atoms with Crippen molar-refractivity contribution in [2.45, 2.75) is 31.8 Å². The summed E-state index contributed by atoms with van der Waals surface area (Å²) in [5, 5.41) is 13.0. The van der Waals surface area contributed by atoms with Crippen LogP contribution < -0.4 is 5.32 Å². The van der Waals surface area contributed by atoms with Crippen molar-refractivity contribution in [3.63, 3.8) is 0 Å². The lowest BCUT2D eigenvalue weighted by Gasteiger charge is -2.20. The van der Waals surface area contributed by atoms with E-state index < -0.39 is 11.9 Å². The zero-order chi connectivity index (χ0) is 14.8. The summed E-state index contributed by atoms with van der Waals surface area (Å²) in [5.41, 5.74) is 4.55. The first kappa shape index (κ1) is 13.8. The molecule has 3 nitrogen and oxygen atoms in total. The van der Waals surface area contributed by atoms with Gasteiger partial charge in [0.1, 0.15) is 0 Å². The Morgan fingerprint density at radius 2 is 1.86 bits per heavy atom. The highest BCUT2D eigenvalue weighted by atomic mass is 16.4. The van der Waals surface area contributed by atoms with Crippen molar-refractivity contribution in [1.82, 2.24) is 5.32 Å². The van der Waals surface area contributed by atoms with Gasteiger partial charge in [0.05, 0.1) is 12.0 Å². The number of carboxylic acids is 1. The molecule has 0 radical (unpaired) electrons. The first-order valence-corrected chi connectivity index (χ1v) is 7.35. The number of nitrogens with one attached hydrogen (secondary N) is 1. The number of hydrogen-bond donors (Lipinski definition) is 2. The molecule has 21 heavy (non-hydrogen) atoms. The van der Waals surface area contributed by atoms with E-state index >= 15 is 0 Å². The van der Waals surface area contributed by atoms with E-state index in [1.54, 1.807) is 0 Å². The molecule has 2 unspecified atom stereocenters. The fourth-order valence-electron chi connectivity index (χ4n) is 3.19. The lowest BCUT2D eigenvalue weighted by molar-refractivity contribution is -0.138. The number of hydrogen-bond acceptors (Lipinski definition) is 2. The maximum atomic E-state index is 11.5. The Morgan fingerprint density at radius 1 is 1.19 bits per heavy atom. The van der Waals surface area contributed by atoms with Crippen LogP contribution in [-0.2, 0) is 11.3 Å². The molecule has 2 aromatic carbocycles. The van der Waals surface area contributed by atoms with Gasteiger partial charge in [-0.2, -0.15) is 0 Å². The predicted molar refractivity (Wildman–Crippen MR) is 82.2 cm³/mol. The SMILES string of the molecule is CCC(C(=O)O)c1ccccc1C1NCc2ccccc21. The van der Waals surface area contributed by atoms with Crippen molar-refractivity contribution in [2.24, 2.45) is 0 Å². The summed E-state index contributed by atoms with van der Waals surface area (Å²) < 4.78 is 0. The van der Waals surface area contributed by atoms with E-state index in [9.17, 15) is 9.90 Å². The lowest BCUT2D eigenvalue weighted by atomic mass is 9.87. The van der Waals surface area contributed by atoms with Gasteiger partial charge in [0.15, 0.2) is 0 Å². The predicted octanol–water partition coefficient (Wildman–Crippen LogP) is 3.46. The average Bonchev–Trinajstić information content (AvgIpc) is 2.92. The molecule has 3 heteroatoms. The topological polar surface area (TPSA) is 49.3 Å². The van der Waals surface area contributed by atoms with Gasteiger partial charge in [-0.1, -0.05) is 55.5 Å². The second-order valence-electron chi connectivity index (χ2n) is 5.44. The van der Waals surface area contributed by atoms with Crippen molar-refractivity contribution >= 4 is 5.97 Å². The Balaban J connectivity index is 2.07. The van der Waals surface area contributed by atoms with Crippen LogP contribution in [0.4, 0.5) is 0 Å². The van der Waals surface area contributed by atoms with E-state index in [2.05, 4.69) is 17.4 Å². The summed E-state index contributed by atoms with van der Waals surface area (Å²) in [6, 6.07) is 16.3. The largest absolute Gasteiger partial charge is 0.481 e. The van der Waals surface area contributed by atoms with Crippen molar-refractivity contribution in [3.05, 3.63) is 70.8 Å². The Hall–Kier alpha value is -2.13. The van der Waals surface area contributed by atoms with Crippen LogP contribution in [0.2, 0.25) is 0 Å². The second kappa shape index (κ2) is 5.70. The molecule has 0 spiro atoms. The van der Waals surface area contributed by atoms with Gasteiger partial charge < -0.3 is 10.4 Å². The van der Waals surface area contributed by atoms with E-state index in [0.717, 1.165) is 17.7 Å². The van der Waals surface area contributed by atoms with Gasteiger partial charge in [0, 0.05) is 6.54 Å². The number of fused-ring (bicyclic) bond motifs is 1. The minimum Gasteiger partial charge on any atom is -0.481 e. The van der Waals surface area contributed by atoms with E-state index in [-0.39, 0.29) is 6.04 Å². The molecular weight excluding hydrogens is 262 g/mol. The van der Waals surface area contributed by atoms with Crippen LogP contribution >= 0.6 is 0 Å². The molecule has 0 aromatic heterocycles.